The van der Waals surface area contributed by atoms with Crippen LogP contribution in [0.25, 0.3) is 0 Å². The number of amides is 1. The van der Waals surface area contributed by atoms with E-state index in [9.17, 15) is 22.4 Å². The molecule has 1 rings (SSSR count). The minimum Gasteiger partial charge on any atom is -0.481 e. The summed E-state index contributed by atoms with van der Waals surface area (Å²) >= 11 is 0. The number of hydrogen-bond donors (Lipinski definition) is 3. The van der Waals surface area contributed by atoms with E-state index < -0.39 is 46.2 Å². The van der Waals surface area contributed by atoms with Gasteiger partial charge >= 0.3 is 22.3 Å². The van der Waals surface area contributed by atoms with E-state index in [-0.39, 0.29) is 11.1 Å². The van der Waals surface area contributed by atoms with Crippen molar-refractivity contribution in [1.29, 1.82) is 0 Å². The third-order valence-corrected chi connectivity index (χ3v) is 3.98. The van der Waals surface area contributed by atoms with Crippen LogP contribution in [0.15, 0.2) is 18.2 Å². The number of benzene rings is 1. The van der Waals surface area contributed by atoms with Crippen LogP contribution in [-0.2, 0) is 26.3 Å². The molecule has 0 saturated heterocycles. The molecule has 0 fully saturated rings. The summed E-state index contributed by atoms with van der Waals surface area (Å²) in [6, 6.07) is 3.70. The summed E-state index contributed by atoms with van der Waals surface area (Å²) in [5.74, 6) is -2.76. The minimum atomic E-state index is -4.24. The van der Waals surface area contributed by atoms with Crippen LogP contribution in [0, 0.1) is 5.82 Å². The summed E-state index contributed by atoms with van der Waals surface area (Å²) in [6.45, 7) is 5.70. The van der Waals surface area contributed by atoms with Crippen LogP contribution in [0.3, 0.4) is 0 Å². The number of carbonyl (C=O) groups excluding carboxylic acids is 1. The Bertz CT molecular complexity index is 758. The van der Waals surface area contributed by atoms with Gasteiger partial charge < -0.3 is 9.84 Å². The Labute approximate surface area is 145 Å². The summed E-state index contributed by atoms with van der Waals surface area (Å²) in [6.07, 6.45) is -1.16. The van der Waals surface area contributed by atoms with Gasteiger partial charge in [0.1, 0.15) is 11.4 Å². The molecule has 10 heteroatoms. The number of carboxylic acids is 1. The first-order chi connectivity index (χ1) is 11.3. The number of aliphatic carboxylic acids is 1. The van der Waals surface area contributed by atoms with Gasteiger partial charge in [-0.25, -0.2) is 13.9 Å². The number of ether oxygens (including phenoxy) is 1. The molecule has 140 valence electrons. The first kappa shape index (κ1) is 20.8. The number of nitrogens with one attached hydrogen (secondary N) is 2. The predicted octanol–water partition coefficient (Wildman–Crippen LogP) is 1.87. The highest BCUT2D eigenvalue weighted by molar-refractivity contribution is 7.88. The van der Waals surface area contributed by atoms with Crippen molar-refractivity contribution in [3.05, 3.63) is 35.1 Å². The summed E-state index contributed by atoms with van der Waals surface area (Å²) in [7, 11) is -4.24. The number of carbonyl (C=O) groups is 2. The van der Waals surface area contributed by atoms with E-state index >= 15 is 0 Å². The first-order valence-electron chi connectivity index (χ1n) is 7.32. The highest BCUT2D eigenvalue weighted by Gasteiger charge is 2.21. The molecule has 0 bridgehead atoms. The van der Waals surface area contributed by atoms with Gasteiger partial charge in [0.2, 0.25) is 0 Å². The Hall–Kier alpha value is -2.20. The Morgan fingerprint density at radius 2 is 1.92 bits per heavy atom. The van der Waals surface area contributed by atoms with E-state index in [1.807, 2.05) is 4.72 Å². The smallest absolute Gasteiger partial charge is 0.422 e. The highest BCUT2D eigenvalue weighted by Crippen LogP contribution is 2.19. The van der Waals surface area contributed by atoms with Crippen molar-refractivity contribution in [2.24, 2.45) is 0 Å². The largest absolute Gasteiger partial charge is 0.481 e. The molecule has 0 aromatic heterocycles. The van der Waals surface area contributed by atoms with Gasteiger partial charge in [-0.2, -0.15) is 13.1 Å². The first-order valence-corrected chi connectivity index (χ1v) is 8.80. The van der Waals surface area contributed by atoms with Crippen molar-refractivity contribution in [3.63, 3.8) is 0 Å². The van der Waals surface area contributed by atoms with E-state index in [1.54, 1.807) is 25.5 Å². The van der Waals surface area contributed by atoms with Crippen molar-refractivity contribution in [1.82, 2.24) is 9.44 Å². The number of rotatable bonds is 6. The number of hydrogen-bond acceptors (Lipinski definition) is 5. The zero-order chi connectivity index (χ0) is 19.4. The summed E-state index contributed by atoms with van der Waals surface area (Å²) in [5, 5.41) is 8.90. The second-order valence-electron chi connectivity index (χ2n) is 6.34. The zero-order valence-corrected chi connectivity index (χ0v) is 15.1. The molecule has 8 nitrogen and oxygen atoms in total. The van der Waals surface area contributed by atoms with Crippen LogP contribution in [0.4, 0.5) is 9.18 Å². The van der Waals surface area contributed by atoms with E-state index in [2.05, 4.69) is 0 Å². The molecule has 0 spiro atoms. The normalized spacial score (nSPS) is 13.2. The van der Waals surface area contributed by atoms with E-state index in [0.717, 1.165) is 6.07 Å². The van der Waals surface area contributed by atoms with E-state index in [0.29, 0.717) is 0 Å². The highest BCUT2D eigenvalue weighted by atomic mass is 32.2. The Balaban J connectivity index is 2.74. The molecular weight excluding hydrogens is 355 g/mol. The van der Waals surface area contributed by atoms with Crippen LogP contribution in [0.5, 0.6) is 0 Å². The van der Waals surface area contributed by atoms with Crippen molar-refractivity contribution in [2.45, 2.75) is 45.8 Å². The molecule has 1 unspecified atom stereocenters. The van der Waals surface area contributed by atoms with Gasteiger partial charge in [0.15, 0.2) is 0 Å². The topological polar surface area (TPSA) is 122 Å². The van der Waals surface area contributed by atoms with Crippen LogP contribution in [0.1, 0.15) is 44.7 Å². The molecule has 0 saturated carbocycles. The quantitative estimate of drug-likeness (QED) is 0.697. The number of carboxylic acid groups (broad SMARTS) is 1. The molecule has 1 aromatic rings. The van der Waals surface area contributed by atoms with E-state index in [1.165, 1.54) is 19.1 Å². The van der Waals surface area contributed by atoms with Gasteiger partial charge in [-0.05, 0) is 39.3 Å². The van der Waals surface area contributed by atoms with Gasteiger partial charge in [-0.3, -0.25) is 4.79 Å². The lowest BCUT2D eigenvalue weighted by molar-refractivity contribution is -0.138. The monoisotopic (exact) mass is 376 g/mol. The second kappa shape index (κ2) is 7.79. The number of halogens is 1. The van der Waals surface area contributed by atoms with Crippen molar-refractivity contribution < 1.29 is 32.2 Å². The van der Waals surface area contributed by atoms with Crippen molar-refractivity contribution in [3.8, 4) is 0 Å². The lowest BCUT2D eigenvalue weighted by Gasteiger charge is -2.19. The molecule has 0 aliphatic carbocycles. The van der Waals surface area contributed by atoms with Gasteiger partial charge in [-0.15, -0.1) is 0 Å². The average molecular weight is 376 g/mol. The summed E-state index contributed by atoms with van der Waals surface area (Å²) in [5.41, 5.74) is -0.623. The Morgan fingerprint density at radius 1 is 1.32 bits per heavy atom. The van der Waals surface area contributed by atoms with Crippen LogP contribution >= 0.6 is 0 Å². The zero-order valence-electron chi connectivity index (χ0n) is 14.3. The van der Waals surface area contributed by atoms with Gasteiger partial charge in [0.25, 0.3) is 0 Å². The molecule has 0 aliphatic rings. The lowest BCUT2D eigenvalue weighted by Crippen LogP contribution is -2.42. The van der Waals surface area contributed by atoms with Crippen molar-refractivity contribution in [2.75, 3.05) is 0 Å². The van der Waals surface area contributed by atoms with Gasteiger partial charge in [0.05, 0.1) is 5.92 Å². The fraction of sp³-hybridized carbons (Fsp3) is 0.467. The molecule has 25 heavy (non-hydrogen) atoms. The van der Waals surface area contributed by atoms with Crippen LogP contribution in [-0.4, -0.2) is 31.2 Å². The molecule has 0 aliphatic heterocycles. The average Bonchev–Trinajstić information content (AvgIpc) is 2.42. The van der Waals surface area contributed by atoms with Crippen LogP contribution in [0.2, 0.25) is 0 Å². The van der Waals surface area contributed by atoms with Gasteiger partial charge in [-0.1, -0.05) is 12.1 Å². The SMILES string of the molecule is CC(C(=O)O)c1ccc(CNS(=O)(=O)NC(=O)OC(C)(C)C)c(F)c1. The Kier molecular flexibility index (Phi) is 6.49. The molecule has 3 N–H and O–H groups in total. The van der Waals surface area contributed by atoms with Gasteiger partial charge in [0, 0.05) is 12.1 Å². The summed E-state index contributed by atoms with van der Waals surface area (Å²) < 4.78 is 46.0. The lowest BCUT2D eigenvalue weighted by atomic mass is 10.00. The predicted molar refractivity (Wildman–Crippen MR) is 87.6 cm³/mol. The molecule has 1 atom stereocenters. The standard InChI is InChI=1S/C15H21FN2O6S/c1-9(13(19)20)10-5-6-11(12(16)7-10)8-17-25(22,23)18-14(21)24-15(2,3)4/h5-7,9,17H,8H2,1-4H3,(H,18,21)(H,19,20). The molecule has 0 heterocycles. The molecule has 1 aromatic carbocycles. The van der Waals surface area contributed by atoms with E-state index in [4.69, 9.17) is 9.84 Å². The fourth-order valence-electron chi connectivity index (χ4n) is 1.74. The summed E-state index contributed by atoms with van der Waals surface area (Å²) in [4.78, 5) is 22.3. The second-order valence-corrected chi connectivity index (χ2v) is 7.84. The maximum atomic E-state index is 14.0. The van der Waals surface area contributed by atoms with Crippen molar-refractivity contribution >= 4 is 22.3 Å². The molecule has 0 radical (unpaired) electrons. The maximum absolute atomic E-state index is 14.0. The molecular formula is C15H21FN2O6S. The third-order valence-electron chi connectivity index (χ3n) is 3.02. The Morgan fingerprint density at radius 3 is 2.40 bits per heavy atom. The fourth-order valence-corrected chi connectivity index (χ4v) is 2.42. The maximum Gasteiger partial charge on any atom is 0.422 e. The minimum absolute atomic E-state index is 0.00379. The molecule has 1 amide bonds. The van der Waals surface area contributed by atoms with Crippen LogP contribution < -0.4 is 9.44 Å². The third kappa shape index (κ3) is 7.06.